The molecule has 3 atom stereocenters. The number of carbonyl (C=O) groups is 1. The third-order valence-corrected chi connectivity index (χ3v) is 9.34. The molecule has 3 aromatic rings. The Balaban J connectivity index is 1.44. The summed E-state index contributed by atoms with van der Waals surface area (Å²) >= 11 is 14.3. The van der Waals surface area contributed by atoms with Crippen molar-refractivity contribution in [3.05, 3.63) is 106 Å². The lowest BCUT2D eigenvalue weighted by Crippen LogP contribution is -2.41. The Labute approximate surface area is 257 Å². The number of amides is 1. The number of fused-ring (bicyclic) bond motifs is 1. The second-order valence-corrected chi connectivity index (χ2v) is 12.3. The summed E-state index contributed by atoms with van der Waals surface area (Å²) in [4.78, 5) is 23.8. The van der Waals surface area contributed by atoms with Gasteiger partial charge in [0.15, 0.2) is 0 Å². The van der Waals surface area contributed by atoms with E-state index in [2.05, 4.69) is 35.6 Å². The van der Waals surface area contributed by atoms with E-state index in [1.54, 1.807) is 18.1 Å². The number of halogens is 2. The molecule has 1 amide bonds. The molecule has 0 aliphatic heterocycles. The minimum Gasteiger partial charge on any atom is -0.339 e. The molecule has 41 heavy (non-hydrogen) atoms. The van der Waals surface area contributed by atoms with Crippen LogP contribution in [0, 0.1) is 5.92 Å². The molecule has 0 bridgehead atoms. The maximum atomic E-state index is 14.2. The standard InChI is InChI=1S/C33H36Cl2N4OS/c1-4-36-32(38(3)5-2)21-39(33(40)29-20-28(29)26-13-6-7-14-30(26)35)24-17-16-22-10-8-15-31(27(22)19-24)37-41-25-12-9-11-23(34)18-25/h5-7,9,11-14,16-19,28-29,31,37H,2,4,8,10,15,20-21H2,1,3H3. The molecular weight excluding hydrogens is 571 g/mol. The fraction of sp³-hybridized carbons (Fsp3) is 0.333. The van der Waals surface area contributed by atoms with Gasteiger partial charge >= 0.3 is 0 Å². The van der Waals surface area contributed by atoms with Crippen LogP contribution in [-0.2, 0) is 11.2 Å². The molecule has 2 aliphatic carbocycles. The first-order chi connectivity index (χ1) is 19.9. The number of benzene rings is 3. The van der Waals surface area contributed by atoms with Crippen molar-refractivity contribution in [2.75, 3.05) is 25.0 Å². The molecule has 214 valence electrons. The summed E-state index contributed by atoms with van der Waals surface area (Å²) in [5.74, 6) is 0.915. The number of amidine groups is 1. The average molecular weight is 608 g/mol. The number of carbonyl (C=O) groups excluding carboxylic acids is 1. The van der Waals surface area contributed by atoms with Gasteiger partial charge in [-0.05, 0) is 110 Å². The van der Waals surface area contributed by atoms with Gasteiger partial charge in [0.1, 0.15) is 5.84 Å². The summed E-state index contributed by atoms with van der Waals surface area (Å²) in [7, 11) is 1.92. The van der Waals surface area contributed by atoms with Gasteiger partial charge in [-0.15, -0.1) is 0 Å². The quantitative estimate of drug-likeness (QED) is 0.143. The minimum absolute atomic E-state index is 0.102. The summed E-state index contributed by atoms with van der Waals surface area (Å²) in [6, 6.07) is 22.4. The van der Waals surface area contributed by atoms with Gasteiger partial charge in [0, 0.05) is 46.2 Å². The van der Waals surface area contributed by atoms with E-state index in [1.165, 1.54) is 11.1 Å². The number of aryl methyl sites for hydroxylation is 1. The Morgan fingerprint density at radius 2 is 1.95 bits per heavy atom. The smallest absolute Gasteiger partial charge is 0.231 e. The molecule has 3 unspecified atom stereocenters. The van der Waals surface area contributed by atoms with Gasteiger partial charge in [-0.25, -0.2) is 0 Å². The normalized spacial score (nSPS) is 19.8. The topological polar surface area (TPSA) is 47.9 Å². The molecule has 1 saturated carbocycles. The van der Waals surface area contributed by atoms with Crippen molar-refractivity contribution in [1.82, 2.24) is 9.62 Å². The van der Waals surface area contributed by atoms with E-state index in [-0.39, 0.29) is 23.8 Å². The monoisotopic (exact) mass is 606 g/mol. The zero-order valence-electron chi connectivity index (χ0n) is 23.5. The van der Waals surface area contributed by atoms with Crippen LogP contribution in [0.4, 0.5) is 5.69 Å². The van der Waals surface area contributed by atoms with Crippen LogP contribution < -0.4 is 9.62 Å². The lowest BCUT2D eigenvalue weighted by Gasteiger charge is -2.31. The van der Waals surface area contributed by atoms with Crippen LogP contribution in [0.5, 0.6) is 0 Å². The highest BCUT2D eigenvalue weighted by Gasteiger charge is 2.47. The van der Waals surface area contributed by atoms with Crippen LogP contribution in [0.3, 0.4) is 0 Å². The van der Waals surface area contributed by atoms with Gasteiger partial charge in [-0.2, -0.15) is 0 Å². The van der Waals surface area contributed by atoms with E-state index in [0.29, 0.717) is 13.1 Å². The average Bonchev–Trinajstić information content (AvgIpc) is 3.78. The van der Waals surface area contributed by atoms with Crippen LogP contribution in [-0.4, -0.2) is 36.8 Å². The first kappa shape index (κ1) is 29.7. The maximum Gasteiger partial charge on any atom is 0.231 e. The second kappa shape index (κ2) is 13.5. The molecule has 3 aromatic carbocycles. The summed E-state index contributed by atoms with van der Waals surface area (Å²) in [6.07, 6.45) is 5.70. The molecule has 0 aromatic heterocycles. The molecule has 0 spiro atoms. The third-order valence-electron chi connectivity index (χ3n) is 7.87. The highest BCUT2D eigenvalue weighted by Crippen LogP contribution is 2.51. The predicted octanol–water partition coefficient (Wildman–Crippen LogP) is 8.30. The number of aliphatic imine (C=N–C) groups is 1. The van der Waals surface area contributed by atoms with Gasteiger partial charge in [0.25, 0.3) is 0 Å². The zero-order chi connectivity index (χ0) is 28.9. The fourth-order valence-corrected chi connectivity index (χ4v) is 6.92. The summed E-state index contributed by atoms with van der Waals surface area (Å²) in [5.41, 5.74) is 4.50. The number of nitrogens with one attached hydrogen (secondary N) is 1. The van der Waals surface area contributed by atoms with E-state index in [0.717, 1.165) is 57.7 Å². The van der Waals surface area contributed by atoms with Crippen molar-refractivity contribution in [2.45, 2.75) is 49.5 Å². The Morgan fingerprint density at radius 1 is 1.12 bits per heavy atom. The highest BCUT2D eigenvalue weighted by molar-refractivity contribution is 7.97. The van der Waals surface area contributed by atoms with Crippen molar-refractivity contribution in [1.29, 1.82) is 0 Å². The molecule has 1 N–H and O–H groups in total. The number of likely N-dealkylation sites (N-methyl/N-ethyl adjacent to an activating group) is 1. The Kier molecular flexibility index (Phi) is 9.76. The molecule has 1 fully saturated rings. The molecule has 0 radical (unpaired) electrons. The van der Waals surface area contributed by atoms with Gasteiger partial charge in [-0.1, -0.05) is 60.1 Å². The van der Waals surface area contributed by atoms with Crippen LogP contribution in [0.2, 0.25) is 10.0 Å². The highest BCUT2D eigenvalue weighted by atomic mass is 35.5. The van der Waals surface area contributed by atoms with Crippen molar-refractivity contribution in [3.63, 3.8) is 0 Å². The Hall–Kier alpha value is -2.77. The number of hydrogen-bond donors (Lipinski definition) is 1. The minimum atomic E-state index is -0.116. The molecule has 5 rings (SSSR count). The largest absolute Gasteiger partial charge is 0.339 e. The van der Waals surface area contributed by atoms with Crippen LogP contribution >= 0.6 is 35.1 Å². The second-order valence-electron chi connectivity index (χ2n) is 10.6. The number of anilines is 1. The third kappa shape index (κ3) is 7.00. The molecule has 0 heterocycles. The summed E-state index contributed by atoms with van der Waals surface area (Å²) < 4.78 is 3.67. The van der Waals surface area contributed by atoms with Gasteiger partial charge in [0.05, 0.1) is 6.54 Å². The SMILES string of the molecule is C=CN(C)C(CN(C(=O)C1CC1c1ccccc1Cl)c1ccc2c(c1)C(NSc1cccc(Cl)c1)CCC2)=NCC. The van der Waals surface area contributed by atoms with Crippen LogP contribution in [0.1, 0.15) is 54.8 Å². The van der Waals surface area contributed by atoms with E-state index >= 15 is 0 Å². The van der Waals surface area contributed by atoms with E-state index in [4.69, 9.17) is 28.2 Å². The van der Waals surface area contributed by atoms with Gasteiger partial charge in [0.2, 0.25) is 5.91 Å². The first-order valence-corrected chi connectivity index (χ1v) is 15.7. The van der Waals surface area contributed by atoms with E-state index in [1.807, 2.05) is 66.2 Å². The van der Waals surface area contributed by atoms with Crippen LogP contribution in [0.25, 0.3) is 0 Å². The summed E-state index contributed by atoms with van der Waals surface area (Å²) in [6.45, 7) is 6.92. The maximum absolute atomic E-state index is 14.2. The molecule has 5 nitrogen and oxygen atoms in total. The summed E-state index contributed by atoms with van der Waals surface area (Å²) in [5, 5.41) is 1.44. The lowest BCUT2D eigenvalue weighted by atomic mass is 9.87. The number of nitrogens with zero attached hydrogens (tertiary/aromatic N) is 3. The van der Waals surface area contributed by atoms with Crippen LogP contribution in [0.15, 0.2) is 89.4 Å². The fourth-order valence-electron chi connectivity index (χ4n) is 5.53. The van der Waals surface area contributed by atoms with E-state index < -0.39 is 0 Å². The number of hydrogen-bond acceptors (Lipinski definition) is 4. The van der Waals surface area contributed by atoms with Gasteiger partial charge < -0.3 is 9.80 Å². The molecule has 0 saturated heterocycles. The zero-order valence-corrected chi connectivity index (χ0v) is 25.9. The predicted molar refractivity (Wildman–Crippen MR) is 173 cm³/mol. The van der Waals surface area contributed by atoms with Crippen molar-refractivity contribution in [3.8, 4) is 0 Å². The van der Waals surface area contributed by atoms with Crippen molar-refractivity contribution >= 4 is 52.6 Å². The first-order valence-electron chi connectivity index (χ1n) is 14.1. The lowest BCUT2D eigenvalue weighted by molar-refractivity contribution is -0.119. The Morgan fingerprint density at radius 3 is 2.71 bits per heavy atom. The van der Waals surface area contributed by atoms with Crippen molar-refractivity contribution < 1.29 is 4.79 Å². The van der Waals surface area contributed by atoms with E-state index in [9.17, 15) is 4.79 Å². The number of rotatable bonds is 10. The molecular formula is C33H36Cl2N4OS. The molecule has 2 aliphatic rings. The Bertz CT molecular complexity index is 1440. The molecule has 8 heteroatoms. The van der Waals surface area contributed by atoms with Crippen molar-refractivity contribution in [2.24, 2.45) is 10.9 Å². The van der Waals surface area contributed by atoms with Gasteiger partial charge in [-0.3, -0.25) is 14.5 Å².